The summed E-state index contributed by atoms with van der Waals surface area (Å²) in [7, 11) is 0. The molecule has 5 nitrogen and oxygen atoms in total. The van der Waals surface area contributed by atoms with Crippen LogP contribution in [0.3, 0.4) is 0 Å². The number of rotatable bonds is 3. The van der Waals surface area contributed by atoms with E-state index >= 15 is 0 Å². The largest absolute Gasteiger partial charge is 0.379 e. The van der Waals surface area contributed by atoms with Crippen molar-refractivity contribution < 1.29 is 9.53 Å². The molecule has 1 aliphatic carbocycles. The number of amides is 1. The highest BCUT2D eigenvalue weighted by Crippen LogP contribution is 2.29. The number of hydrogen-bond acceptors (Lipinski definition) is 4. The van der Waals surface area contributed by atoms with Gasteiger partial charge >= 0.3 is 0 Å². The van der Waals surface area contributed by atoms with E-state index in [0.29, 0.717) is 11.9 Å². The molecule has 2 N–H and O–H groups in total. The minimum Gasteiger partial charge on any atom is -0.379 e. The number of carbonyl (C=O) groups is 1. The fraction of sp³-hybridized carbons (Fsp3) is 0.938. The van der Waals surface area contributed by atoms with E-state index in [1.165, 1.54) is 6.42 Å². The van der Waals surface area contributed by atoms with Gasteiger partial charge in [0.25, 0.3) is 0 Å². The molecule has 1 amide bonds. The molecule has 3 rings (SSSR count). The van der Waals surface area contributed by atoms with Crippen molar-refractivity contribution in [3.05, 3.63) is 0 Å². The number of hydrogen-bond donors (Lipinski definition) is 1. The quantitative estimate of drug-likeness (QED) is 0.838. The van der Waals surface area contributed by atoms with Crippen LogP contribution in [0.5, 0.6) is 0 Å². The van der Waals surface area contributed by atoms with Gasteiger partial charge in [0.05, 0.1) is 13.2 Å². The van der Waals surface area contributed by atoms with E-state index in [4.69, 9.17) is 10.5 Å². The maximum absolute atomic E-state index is 12.8. The van der Waals surface area contributed by atoms with E-state index in [1.807, 2.05) is 0 Å². The number of nitrogens with zero attached hydrogens (tertiary/aromatic N) is 2. The van der Waals surface area contributed by atoms with Crippen LogP contribution < -0.4 is 5.73 Å². The number of nitrogens with two attached hydrogens (primary N) is 1. The fourth-order valence-corrected chi connectivity index (χ4v) is 4.04. The van der Waals surface area contributed by atoms with Crippen LogP contribution in [0.1, 0.15) is 38.5 Å². The van der Waals surface area contributed by atoms with Crippen LogP contribution in [0.2, 0.25) is 0 Å². The van der Waals surface area contributed by atoms with Gasteiger partial charge in [-0.25, -0.2) is 0 Å². The van der Waals surface area contributed by atoms with Gasteiger partial charge in [-0.05, 0) is 38.5 Å². The summed E-state index contributed by atoms with van der Waals surface area (Å²) in [5.41, 5.74) is 5.98. The first kappa shape index (κ1) is 15.3. The van der Waals surface area contributed by atoms with Crippen LogP contribution >= 0.6 is 0 Å². The molecule has 0 bridgehead atoms. The van der Waals surface area contributed by atoms with Gasteiger partial charge in [0, 0.05) is 44.2 Å². The molecular formula is C16H29N3O2. The minimum absolute atomic E-state index is 0.185. The molecule has 120 valence electrons. The average Bonchev–Trinajstić information content (AvgIpc) is 2.95. The van der Waals surface area contributed by atoms with E-state index < -0.39 is 0 Å². The molecule has 0 aromatic heterocycles. The maximum atomic E-state index is 12.8. The zero-order valence-electron chi connectivity index (χ0n) is 13.0. The Balaban J connectivity index is 1.59. The van der Waals surface area contributed by atoms with E-state index in [2.05, 4.69) is 9.80 Å². The smallest absolute Gasteiger partial charge is 0.226 e. The lowest BCUT2D eigenvalue weighted by Crippen LogP contribution is -2.52. The predicted octanol–water partition coefficient (Wildman–Crippen LogP) is 0.827. The Labute approximate surface area is 127 Å². The Kier molecular flexibility index (Phi) is 5.14. The highest BCUT2D eigenvalue weighted by atomic mass is 16.5. The summed E-state index contributed by atoms with van der Waals surface area (Å²) in [5.74, 6) is 0.561. The zero-order chi connectivity index (χ0) is 14.7. The fourth-order valence-electron chi connectivity index (χ4n) is 4.04. The number of likely N-dealkylation sites (tertiary alicyclic amines) is 1. The second-order valence-electron chi connectivity index (χ2n) is 6.86. The molecular weight excluding hydrogens is 266 g/mol. The first-order chi connectivity index (χ1) is 10.2. The Morgan fingerprint density at radius 2 is 1.90 bits per heavy atom. The number of ether oxygens (including phenoxy) is 1. The third kappa shape index (κ3) is 3.76. The van der Waals surface area contributed by atoms with Crippen LogP contribution in [0.4, 0.5) is 0 Å². The zero-order valence-corrected chi connectivity index (χ0v) is 13.0. The van der Waals surface area contributed by atoms with Gasteiger partial charge in [0.15, 0.2) is 0 Å². The van der Waals surface area contributed by atoms with Crippen molar-refractivity contribution in [2.45, 2.75) is 50.6 Å². The second kappa shape index (κ2) is 7.07. The lowest BCUT2D eigenvalue weighted by molar-refractivity contribution is -0.139. The first-order valence-electron chi connectivity index (χ1n) is 8.60. The van der Waals surface area contributed by atoms with Crippen molar-refractivity contribution >= 4 is 5.91 Å². The molecule has 21 heavy (non-hydrogen) atoms. The predicted molar refractivity (Wildman–Crippen MR) is 81.9 cm³/mol. The molecule has 0 aromatic carbocycles. The summed E-state index contributed by atoms with van der Waals surface area (Å²) in [4.78, 5) is 17.5. The summed E-state index contributed by atoms with van der Waals surface area (Å²) in [6.07, 6.45) is 6.45. The van der Waals surface area contributed by atoms with E-state index in [1.54, 1.807) is 0 Å². The van der Waals surface area contributed by atoms with Gasteiger partial charge in [0.1, 0.15) is 0 Å². The number of piperidine rings is 1. The van der Waals surface area contributed by atoms with Gasteiger partial charge in [-0.15, -0.1) is 0 Å². The van der Waals surface area contributed by atoms with Gasteiger partial charge in [-0.3, -0.25) is 9.69 Å². The Morgan fingerprint density at radius 1 is 1.10 bits per heavy atom. The van der Waals surface area contributed by atoms with Crippen molar-refractivity contribution in [3.8, 4) is 0 Å². The minimum atomic E-state index is 0.185. The standard InChI is InChI=1S/C16H29N3O2/c17-14-5-4-13(11-14)16(20)19-6-2-1-3-15(19)12-18-7-9-21-10-8-18/h13-15H,1-12,17H2/t13-,14-,15-/m1/s1. The van der Waals surface area contributed by atoms with Crippen molar-refractivity contribution in [2.75, 3.05) is 39.4 Å². The van der Waals surface area contributed by atoms with Crippen LogP contribution in [-0.4, -0.2) is 67.2 Å². The molecule has 0 unspecified atom stereocenters. The molecule has 0 radical (unpaired) electrons. The molecule has 2 saturated heterocycles. The average molecular weight is 295 g/mol. The third-order valence-corrected chi connectivity index (χ3v) is 5.31. The molecule has 1 saturated carbocycles. The van der Waals surface area contributed by atoms with Crippen molar-refractivity contribution in [1.29, 1.82) is 0 Å². The molecule has 2 heterocycles. The highest BCUT2D eigenvalue weighted by Gasteiger charge is 2.35. The van der Waals surface area contributed by atoms with E-state index in [0.717, 1.165) is 71.5 Å². The molecule has 0 spiro atoms. The van der Waals surface area contributed by atoms with Crippen LogP contribution in [0.25, 0.3) is 0 Å². The molecule has 3 fully saturated rings. The lowest BCUT2D eigenvalue weighted by atomic mass is 9.97. The summed E-state index contributed by atoms with van der Waals surface area (Å²) in [5, 5.41) is 0. The van der Waals surface area contributed by atoms with Crippen molar-refractivity contribution in [1.82, 2.24) is 9.80 Å². The Hall–Kier alpha value is -0.650. The van der Waals surface area contributed by atoms with Gasteiger partial charge in [0.2, 0.25) is 5.91 Å². The second-order valence-corrected chi connectivity index (χ2v) is 6.86. The Bertz CT molecular complexity index is 357. The molecule has 2 aliphatic heterocycles. The summed E-state index contributed by atoms with van der Waals surface area (Å²) in [6.45, 7) is 5.64. The van der Waals surface area contributed by atoms with Crippen LogP contribution in [0, 0.1) is 5.92 Å². The normalized spacial score (nSPS) is 35.1. The third-order valence-electron chi connectivity index (χ3n) is 5.31. The number of carbonyl (C=O) groups excluding carboxylic acids is 1. The van der Waals surface area contributed by atoms with Crippen LogP contribution in [-0.2, 0) is 9.53 Å². The monoisotopic (exact) mass is 295 g/mol. The topological polar surface area (TPSA) is 58.8 Å². The Morgan fingerprint density at radius 3 is 2.62 bits per heavy atom. The first-order valence-corrected chi connectivity index (χ1v) is 8.60. The maximum Gasteiger partial charge on any atom is 0.226 e. The van der Waals surface area contributed by atoms with E-state index in [9.17, 15) is 4.79 Å². The summed E-state index contributed by atoms with van der Waals surface area (Å²) < 4.78 is 5.42. The number of morpholine rings is 1. The highest BCUT2D eigenvalue weighted by molar-refractivity contribution is 5.79. The van der Waals surface area contributed by atoms with Crippen molar-refractivity contribution in [2.24, 2.45) is 11.7 Å². The summed E-state index contributed by atoms with van der Waals surface area (Å²) >= 11 is 0. The molecule has 5 heteroatoms. The van der Waals surface area contributed by atoms with Gasteiger partial charge < -0.3 is 15.4 Å². The van der Waals surface area contributed by atoms with Gasteiger partial charge in [-0.2, -0.15) is 0 Å². The summed E-state index contributed by atoms with van der Waals surface area (Å²) in [6, 6.07) is 0.641. The lowest BCUT2D eigenvalue weighted by Gasteiger charge is -2.40. The van der Waals surface area contributed by atoms with Crippen molar-refractivity contribution in [3.63, 3.8) is 0 Å². The molecule has 0 aromatic rings. The molecule has 3 atom stereocenters. The van der Waals surface area contributed by atoms with Gasteiger partial charge in [-0.1, -0.05) is 0 Å². The molecule has 3 aliphatic rings. The van der Waals surface area contributed by atoms with E-state index in [-0.39, 0.29) is 12.0 Å². The SMILES string of the molecule is N[C@@H]1CC[C@@H](C(=O)N2CCCC[C@@H]2CN2CCOCC2)C1. The van der Waals surface area contributed by atoms with Crippen LogP contribution in [0.15, 0.2) is 0 Å².